The van der Waals surface area contributed by atoms with Gasteiger partial charge in [-0.3, -0.25) is 4.79 Å². The summed E-state index contributed by atoms with van der Waals surface area (Å²) >= 11 is 0. The third kappa shape index (κ3) is 8.19. The number of hydrogen-bond donors (Lipinski definition) is 1. The molecule has 0 saturated heterocycles. The Morgan fingerprint density at radius 2 is 1.76 bits per heavy atom. The van der Waals surface area contributed by atoms with E-state index in [4.69, 9.17) is 9.47 Å². The summed E-state index contributed by atoms with van der Waals surface area (Å²) < 4.78 is 10.9. The molecule has 0 aromatic heterocycles. The van der Waals surface area contributed by atoms with Crippen LogP contribution in [-0.4, -0.2) is 51.2 Å². The van der Waals surface area contributed by atoms with Gasteiger partial charge in [0, 0.05) is 6.54 Å². The molecule has 1 aromatic carbocycles. The third-order valence-corrected chi connectivity index (χ3v) is 2.77. The van der Waals surface area contributed by atoms with E-state index >= 15 is 0 Å². The number of benzene rings is 1. The van der Waals surface area contributed by atoms with Crippen molar-refractivity contribution in [2.24, 2.45) is 0 Å². The maximum atomic E-state index is 11.6. The molecule has 0 atom stereocenters. The molecule has 0 aliphatic carbocycles. The fourth-order valence-corrected chi connectivity index (χ4v) is 1.68. The molecule has 0 spiro atoms. The Bertz CT molecular complexity index is 404. The number of hydrogen-bond acceptors (Lipinski definition) is 4. The standard InChI is InChI=1S/C16H26N2O3/c1-4-12-20-14-6-8-15(9-7-14)21-13-16(19)17-10-5-11-18(2)3/h6-9H,4-5,10-13H2,1-3H3,(H,17,19). The second-order valence-corrected chi connectivity index (χ2v) is 5.12. The molecule has 118 valence electrons. The second-order valence-electron chi connectivity index (χ2n) is 5.12. The molecule has 1 N–H and O–H groups in total. The number of nitrogens with zero attached hydrogens (tertiary/aromatic N) is 1. The van der Waals surface area contributed by atoms with E-state index in [0.717, 1.165) is 25.1 Å². The lowest BCUT2D eigenvalue weighted by Gasteiger charge is -2.10. The SMILES string of the molecule is CCCOc1ccc(OCC(=O)NCCCN(C)C)cc1. The summed E-state index contributed by atoms with van der Waals surface area (Å²) in [6.07, 6.45) is 1.91. The summed E-state index contributed by atoms with van der Waals surface area (Å²) in [4.78, 5) is 13.7. The van der Waals surface area contributed by atoms with Crippen LogP contribution >= 0.6 is 0 Å². The van der Waals surface area contributed by atoms with Crippen molar-refractivity contribution < 1.29 is 14.3 Å². The predicted molar refractivity (Wildman–Crippen MR) is 83.9 cm³/mol. The van der Waals surface area contributed by atoms with Gasteiger partial charge in [0.1, 0.15) is 11.5 Å². The van der Waals surface area contributed by atoms with Crippen LogP contribution in [0, 0.1) is 0 Å². The highest BCUT2D eigenvalue weighted by Crippen LogP contribution is 2.17. The third-order valence-electron chi connectivity index (χ3n) is 2.77. The summed E-state index contributed by atoms with van der Waals surface area (Å²) in [6.45, 7) is 4.44. The van der Waals surface area contributed by atoms with Crippen LogP contribution < -0.4 is 14.8 Å². The molecule has 0 aliphatic heterocycles. The van der Waals surface area contributed by atoms with Gasteiger partial charge in [0.25, 0.3) is 5.91 Å². The highest BCUT2D eigenvalue weighted by atomic mass is 16.5. The zero-order valence-corrected chi connectivity index (χ0v) is 13.2. The van der Waals surface area contributed by atoms with Crippen molar-refractivity contribution in [3.63, 3.8) is 0 Å². The molecule has 0 unspecified atom stereocenters. The molecule has 0 saturated carbocycles. The predicted octanol–water partition coefficient (Wildman–Crippen LogP) is 1.92. The Labute approximate surface area is 127 Å². The van der Waals surface area contributed by atoms with Gasteiger partial charge >= 0.3 is 0 Å². The maximum absolute atomic E-state index is 11.6. The molecular weight excluding hydrogens is 268 g/mol. The van der Waals surface area contributed by atoms with Gasteiger partial charge in [-0.15, -0.1) is 0 Å². The first-order valence-corrected chi connectivity index (χ1v) is 7.39. The van der Waals surface area contributed by atoms with Crippen LogP contribution in [-0.2, 0) is 4.79 Å². The minimum absolute atomic E-state index is 0.0388. The van der Waals surface area contributed by atoms with E-state index in [0.29, 0.717) is 18.9 Å². The average Bonchev–Trinajstić information content (AvgIpc) is 2.48. The van der Waals surface area contributed by atoms with E-state index in [1.165, 1.54) is 0 Å². The first kappa shape index (κ1) is 17.3. The number of carbonyl (C=O) groups excluding carboxylic acids is 1. The smallest absolute Gasteiger partial charge is 0.257 e. The quantitative estimate of drug-likeness (QED) is 0.670. The largest absolute Gasteiger partial charge is 0.494 e. The van der Waals surface area contributed by atoms with Crippen molar-refractivity contribution in [3.8, 4) is 11.5 Å². The van der Waals surface area contributed by atoms with E-state index in [9.17, 15) is 4.79 Å². The van der Waals surface area contributed by atoms with E-state index in [1.54, 1.807) is 0 Å². The Hall–Kier alpha value is -1.75. The van der Waals surface area contributed by atoms with Crippen LogP contribution in [0.15, 0.2) is 24.3 Å². The monoisotopic (exact) mass is 294 g/mol. The Morgan fingerprint density at radius 1 is 1.14 bits per heavy atom. The average molecular weight is 294 g/mol. The topological polar surface area (TPSA) is 50.8 Å². The number of rotatable bonds is 10. The lowest BCUT2D eigenvalue weighted by Crippen LogP contribution is -2.31. The van der Waals surface area contributed by atoms with Gasteiger partial charge < -0.3 is 19.7 Å². The van der Waals surface area contributed by atoms with Gasteiger partial charge in [-0.1, -0.05) is 6.92 Å². The van der Waals surface area contributed by atoms with Gasteiger partial charge in [-0.2, -0.15) is 0 Å². The summed E-state index contributed by atoms with van der Waals surface area (Å²) in [6, 6.07) is 7.31. The minimum atomic E-state index is -0.0972. The molecule has 1 rings (SSSR count). The summed E-state index contributed by atoms with van der Waals surface area (Å²) in [5.74, 6) is 1.39. The van der Waals surface area contributed by atoms with Crippen LogP contribution in [0.25, 0.3) is 0 Å². The highest BCUT2D eigenvalue weighted by molar-refractivity contribution is 5.77. The van der Waals surface area contributed by atoms with Gasteiger partial charge in [-0.05, 0) is 57.7 Å². The number of ether oxygens (including phenoxy) is 2. The van der Waals surface area contributed by atoms with Crippen LogP contribution in [0.2, 0.25) is 0 Å². The molecule has 0 aliphatic rings. The molecule has 0 bridgehead atoms. The first-order chi connectivity index (χ1) is 10.1. The molecule has 1 amide bonds. The Balaban J connectivity index is 2.20. The van der Waals surface area contributed by atoms with E-state index in [1.807, 2.05) is 38.4 Å². The number of nitrogens with one attached hydrogen (secondary N) is 1. The van der Waals surface area contributed by atoms with Crippen molar-refractivity contribution in [2.75, 3.05) is 40.4 Å². The summed E-state index contributed by atoms with van der Waals surface area (Å²) in [5, 5.41) is 2.83. The highest BCUT2D eigenvalue weighted by Gasteiger charge is 2.02. The molecule has 0 fully saturated rings. The molecule has 1 aromatic rings. The van der Waals surface area contributed by atoms with Crippen molar-refractivity contribution in [2.45, 2.75) is 19.8 Å². The fourth-order valence-electron chi connectivity index (χ4n) is 1.68. The van der Waals surface area contributed by atoms with E-state index < -0.39 is 0 Å². The van der Waals surface area contributed by atoms with Gasteiger partial charge in [0.05, 0.1) is 6.61 Å². The maximum Gasteiger partial charge on any atom is 0.257 e. The van der Waals surface area contributed by atoms with Gasteiger partial charge in [0.15, 0.2) is 6.61 Å². The van der Waals surface area contributed by atoms with E-state index in [2.05, 4.69) is 17.1 Å². The molecule has 5 nitrogen and oxygen atoms in total. The summed E-state index contributed by atoms with van der Waals surface area (Å²) in [7, 11) is 4.03. The van der Waals surface area contributed by atoms with Crippen LogP contribution in [0.3, 0.4) is 0 Å². The minimum Gasteiger partial charge on any atom is -0.494 e. The van der Waals surface area contributed by atoms with Gasteiger partial charge in [-0.25, -0.2) is 0 Å². The zero-order valence-electron chi connectivity index (χ0n) is 13.2. The van der Waals surface area contributed by atoms with Crippen molar-refractivity contribution in [1.29, 1.82) is 0 Å². The lowest BCUT2D eigenvalue weighted by atomic mass is 10.3. The van der Waals surface area contributed by atoms with Crippen molar-refractivity contribution in [3.05, 3.63) is 24.3 Å². The molecule has 0 radical (unpaired) electrons. The molecule has 21 heavy (non-hydrogen) atoms. The molecular formula is C16H26N2O3. The van der Waals surface area contributed by atoms with Crippen LogP contribution in [0.5, 0.6) is 11.5 Å². The number of carbonyl (C=O) groups is 1. The molecule has 5 heteroatoms. The lowest BCUT2D eigenvalue weighted by molar-refractivity contribution is -0.123. The summed E-state index contributed by atoms with van der Waals surface area (Å²) in [5.41, 5.74) is 0. The first-order valence-electron chi connectivity index (χ1n) is 7.39. The fraction of sp³-hybridized carbons (Fsp3) is 0.562. The van der Waals surface area contributed by atoms with E-state index in [-0.39, 0.29) is 12.5 Å². The molecule has 0 heterocycles. The Morgan fingerprint density at radius 3 is 2.33 bits per heavy atom. The zero-order chi connectivity index (χ0) is 15.5. The normalized spacial score (nSPS) is 10.5. The van der Waals surface area contributed by atoms with Crippen molar-refractivity contribution in [1.82, 2.24) is 10.2 Å². The van der Waals surface area contributed by atoms with Crippen LogP contribution in [0.1, 0.15) is 19.8 Å². The van der Waals surface area contributed by atoms with Crippen molar-refractivity contribution >= 4 is 5.91 Å². The van der Waals surface area contributed by atoms with Crippen LogP contribution in [0.4, 0.5) is 0 Å². The second kappa shape index (κ2) is 10.0. The van der Waals surface area contributed by atoms with Gasteiger partial charge in [0.2, 0.25) is 0 Å². The Kier molecular flexibility index (Phi) is 8.28. The number of amides is 1.